The van der Waals surface area contributed by atoms with E-state index in [1.807, 2.05) is 22.7 Å². The van der Waals surface area contributed by atoms with Crippen LogP contribution >= 0.6 is 22.7 Å². The molecule has 4 aromatic rings. The number of thiazole rings is 1. The number of rotatable bonds is 5. The Morgan fingerprint density at radius 2 is 1.83 bits per heavy atom. The number of hydrogen-bond donors (Lipinski definition) is 0. The average molecular weight is 350 g/mol. The number of fused-ring (bicyclic) bond motifs is 2. The summed E-state index contributed by atoms with van der Waals surface area (Å²) >= 11 is 3.81. The standard InChI is InChI=1S/C21H19NS2/c1-2-6-17-15(5-1)13-23-20(17)11-16(14-9-10-14)12-21-22-18-7-3-4-8-19(18)24-21/h1-8,13-14,16H,9-12H2. The van der Waals surface area contributed by atoms with E-state index in [1.165, 1.54) is 39.7 Å². The van der Waals surface area contributed by atoms with Gasteiger partial charge in [-0.15, -0.1) is 22.7 Å². The van der Waals surface area contributed by atoms with Crippen molar-refractivity contribution in [2.24, 2.45) is 11.8 Å². The topological polar surface area (TPSA) is 12.9 Å². The van der Waals surface area contributed by atoms with Crippen molar-refractivity contribution in [2.45, 2.75) is 25.7 Å². The summed E-state index contributed by atoms with van der Waals surface area (Å²) in [5, 5.41) is 6.48. The summed E-state index contributed by atoms with van der Waals surface area (Å²) in [6, 6.07) is 17.3. The molecule has 1 aliphatic rings. The summed E-state index contributed by atoms with van der Waals surface area (Å²) in [7, 11) is 0. The van der Waals surface area contributed by atoms with Crippen LogP contribution in [0.4, 0.5) is 0 Å². The Balaban J connectivity index is 1.43. The minimum atomic E-state index is 0.743. The molecule has 3 heteroatoms. The van der Waals surface area contributed by atoms with Gasteiger partial charge in [0.1, 0.15) is 0 Å². The van der Waals surface area contributed by atoms with Crippen molar-refractivity contribution in [3.05, 3.63) is 63.8 Å². The summed E-state index contributed by atoms with van der Waals surface area (Å²) in [6.07, 6.45) is 5.15. The highest BCUT2D eigenvalue weighted by atomic mass is 32.1. The minimum absolute atomic E-state index is 0.743. The van der Waals surface area contributed by atoms with Crippen molar-refractivity contribution >= 4 is 43.7 Å². The highest BCUT2D eigenvalue weighted by Gasteiger charge is 2.32. The van der Waals surface area contributed by atoms with Gasteiger partial charge in [-0.2, -0.15) is 0 Å². The Morgan fingerprint density at radius 1 is 1.00 bits per heavy atom. The first-order valence-electron chi connectivity index (χ1n) is 8.66. The number of nitrogens with zero attached hydrogens (tertiary/aromatic N) is 1. The third kappa shape index (κ3) is 2.76. The van der Waals surface area contributed by atoms with Gasteiger partial charge < -0.3 is 0 Å². The molecule has 5 rings (SSSR count). The quantitative estimate of drug-likeness (QED) is 0.411. The van der Waals surface area contributed by atoms with Crippen molar-refractivity contribution < 1.29 is 0 Å². The van der Waals surface area contributed by atoms with Crippen LogP contribution < -0.4 is 0 Å². The monoisotopic (exact) mass is 349 g/mol. The van der Waals surface area contributed by atoms with Crippen LogP contribution in [-0.2, 0) is 12.8 Å². The van der Waals surface area contributed by atoms with Crippen molar-refractivity contribution in [3.63, 3.8) is 0 Å². The van der Waals surface area contributed by atoms with Crippen LogP contribution in [0.25, 0.3) is 21.0 Å². The van der Waals surface area contributed by atoms with Gasteiger partial charge in [-0.1, -0.05) is 36.4 Å². The maximum atomic E-state index is 4.88. The van der Waals surface area contributed by atoms with E-state index in [1.54, 1.807) is 4.88 Å². The molecule has 0 saturated heterocycles. The van der Waals surface area contributed by atoms with Crippen LogP contribution in [0.2, 0.25) is 0 Å². The third-order valence-electron chi connectivity index (χ3n) is 5.10. The molecule has 1 unspecified atom stereocenters. The number of para-hydroxylation sites is 1. The molecule has 1 saturated carbocycles. The smallest absolute Gasteiger partial charge is 0.0941 e. The van der Waals surface area contributed by atoms with Crippen LogP contribution in [0.3, 0.4) is 0 Å². The van der Waals surface area contributed by atoms with E-state index in [4.69, 9.17) is 4.98 Å². The Kier molecular flexibility index (Phi) is 3.64. The van der Waals surface area contributed by atoms with E-state index >= 15 is 0 Å². The van der Waals surface area contributed by atoms with Gasteiger partial charge in [0, 0.05) is 11.3 Å². The van der Waals surface area contributed by atoms with Gasteiger partial charge in [-0.3, -0.25) is 0 Å². The third-order valence-corrected chi connectivity index (χ3v) is 7.20. The first-order chi connectivity index (χ1) is 11.9. The molecule has 0 radical (unpaired) electrons. The van der Waals surface area contributed by atoms with Gasteiger partial charge in [0.2, 0.25) is 0 Å². The largest absolute Gasteiger partial charge is 0.241 e. The average Bonchev–Trinajstić information content (AvgIpc) is 3.26. The summed E-state index contributed by atoms with van der Waals surface area (Å²) in [6.45, 7) is 0. The molecule has 0 aliphatic heterocycles. The predicted octanol–water partition coefficient (Wildman–Crippen LogP) is 6.32. The molecular formula is C21H19NS2. The molecule has 1 atom stereocenters. The normalized spacial score (nSPS) is 16.0. The fourth-order valence-electron chi connectivity index (χ4n) is 3.65. The second-order valence-electron chi connectivity index (χ2n) is 6.83. The Hall–Kier alpha value is -1.71. The lowest BCUT2D eigenvalue weighted by atomic mass is 9.94. The van der Waals surface area contributed by atoms with E-state index in [0.29, 0.717) is 0 Å². The maximum absolute atomic E-state index is 4.88. The number of thiophene rings is 1. The number of aromatic nitrogens is 1. The molecule has 24 heavy (non-hydrogen) atoms. The van der Waals surface area contributed by atoms with E-state index in [9.17, 15) is 0 Å². The zero-order valence-electron chi connectivity index (χ0n) is 13.4. The van der Waals surface area contributed by atoms with Crippen LogP contribution in [0, 0.1) is 11.8 Å². The lowest BCUT2D eigenvalue weighted by Crippen LogP contribution is -2.10. The highest BCUT2D eigenvalue weighted by molar-refractivity contribution is 7.18. The van der Waals surface area contributed by atoms with Crippen molar-refractivity contribution in [3.8, 4) is 0 Å². The molecule has 1 fully saturated rings. The summed E-state index contributed by atoms with van der Waals surface area (Å²) in [5.74, 6) is 1.64. The first kappa shape index (κ1) is 14.6. The van der Waals surface area contributed by atoms with E-state index in [-0.39, 0.29) is 0 Å². The first-order valence-corrected chi connectivity index (χ1v) is 10.4. The number of benzene rings is 2. The van der Waals surface area contributed by atoms with E-state index < -0.39 is 0 Å². The second kappa shape index (κ2) is 5.98. The molecular weight excluding hydrogens is 330 g/mol. The molecule has 1 nitrogen and oxygen atoms in total. The van der Waals surface area contributed by atoms with Gasteiger partial charge in [0.15, 0.2) is 0 Å². The fraction of sp³-hybridized carbons (Fsp3) is 0.286. The van der Waals surface area contributed by atoms with Crippen LogP contribution in [0.1, 0.15) is 22.7 Å². The zero-order chi connectivity index (χ0) is 15.9. The van der Waals surface area contributed by atoms with E-state index in [2.05, 4.69) is 53.9 Å². The molecule has 2 aromatic carbocycles. The predicted molar refractivity (Wildman–Crippen MR) is 105 cm³/mol. The Bertz CT molecular complexity index is 960. The zero-order valence-corrected chi connectivity index (χ0v) is 15.1. The molecule has 2 heterocycles. The van der Waals surface area contributed by atoms with E-state index in [0.717, 1.165) is 23.8 Å². The van der Waals surface area contributed by atoms with Crippen molar-refractivity contribution in [2.75, 3.05) is 0 Å². The lowest BCUT2D eigenvalue weighted by Gasteiger charge is -2.14. The fourth-order valence-corrected chi connectivity index (χ4v) is 5.81. The van der Waals surface area contributed by atoms with Gasteiger partial charge in [-0.25, -0.2) is 4.98 Å². The van der Waals surface area contributed by atoms with Crippen LogP contribution in [0.15, 0.2) is 53.9 Å². The maximum Gasteiger partial charge on any atom is 0.0941 e. The van der Waals surface area contributed by atoms with Gasteiger partial charge >= 0.3 is 0 Å². The van der Waals surface area contributed by atoms with Crippen LogP contribution in [-0.4, -0.2) is 4.98 Å². The van der Waals surface area contributed by atoms with Crippen molar-refractivity contribution in [1.82, 2.24) is 4.98 Å². The number of hydrogen-bond acceptors (Lipinski definition) is 3. The van der Waals surface area contributed by atoms with Crippen LogP contribution in [0.5, 0.6) is 0 Å². The summed E-state index contributed by atoms with van der Waals surface area (Å²) in [5.41, 5.74) is 1.16. The summed E-state index contributed by atoms with van der Waals surface area (Å²) < 4.78 is 1.32. The lowest BCUT2D eigenvalue weighted by molar-refractivity contribution is 0.461. The molecule has 2 aromatic heterocycles. The molecule has 0 amide bonds. The highest BCUT2D eigenvalue weighted by Crippen LogP contribution is 2.42. The molecule has 0 spiro atoms. The molecule has 0 N–H and O–H groups in total. The summed E-state index contributed by atoms with van der Waals surface area (Å²) in [4.78, 5) is 6.44. The molecule has 1 aliphatic carbocycles. The molecule has 120 valence electrons. The second-order valence-corrected chi connectivity index (χ2v) is 8.91. The Labute approximate surface area is 150 Å². The SMILES string of the molecule is c1ccc2c(CC(Cc3nc4ccccc4s3)C3CC3)scc2c1. The van der Waals surface area contributed by atoms with Gasteiger partial charge in [0.25, 0.3) is 0 Å². The molecule has 0 bridgehead atoms. The van der Waals surface area contributed by atoms with Crippen molar-refractivity contribution in [1.29, 1.82) is 0 Å². The Morgan fingerprint density at radius 3 is 2.71 bits per heavy atom. The minimum Gasteiger partial charge on any atom is -0.241 e. The van der Waals surface area contributed by atoms with Gasteiger partial charge in [0.05, 0.1) is 15.2 Å². The van der Waals surface area contributed by atoms with Gasteiger partial charge in [-0.05, 0) is 59.4 Å².